The van der Waals surface area contributed by atoms with Crippen LogP contribution in [0, 0.1) is 3.57 Å². The minimum Gasteiger partial charge on any atom is -0.330 e. The monoisotopic (exact) mass is 445 g/mol. The van der Waals surface area contributed by atoms with Gasteiger partial charge in [0.15, 0.2) is 0 Å². The summed E-state index contributed by atoms with van der Waals surface area (Å²) in [5, 5.41) is 3.17. The Bertz CT molecular complexity index is 546. The van der Waals surface area contributed by atoms with Gasteiger partial charge in [0, 0.05) is 8.04 Å². The lowest BCUT2D eigenvalue weighted by Gasteiger charge is -2.10. The molecule has 0 aromatic heterocycles. The van der Waals surface area contributed by atoms with E-state index in [4.69, 9.17) is 17.3 Å². The zero-order chi connectivity index (χ0) is 11.7. The van der Waals surface area contributed by atoms with Crippen LogP contribution in [0.5, 0.6) is 0 Å². The molecule has 0 aliphatic rings. The van der Waals surface area contributed by atoms with Crippen molar-refractivity contribution < 1.29 is 0 Å². The predicted octanol–water partition coefficient (Wildman–Crippen LogP) is 4.78. The van der Waals surface area contributed by atoms with Crippen molar-refractivity contribution in [1.29, 1.82) is 0 Å². The number of hydrogen-bond donors (Lipinski definition) is 1. The van der Waals surface area contributed by atoms with Crippen molar-refractivity contribution >= 4 is 73.3 Å². The van der Waals surface area contributed by atoms with Gasteiger partial charge in [-0.15, -0.1) is 12.4 Å². The van der Waals surface area contributed by atoms with Gasteiger partial charge in [0.25, 0.3) is 0 Å². The summed E-state index contributed by atoms with van der Waals surface area (Å²) in [4.78, 5) is 0. The maximum Gasteiger partial charge on any atom is 0.0586 e. The number of benzene rings is 2. The van der Waals surface area contributed by atoms with Crippen LogP contribution in [0.25, 0.3) is 10.8 Å². The lowest BCUT2D eigenvalue weighted by atomic mass is 10.0. The van der Waals surface area contributed by atoms with Crippen molar-refractivity contribution in [1.82, 2.24) is 0 Å². The molecule has 2 N–H and O–H groups in total. The van der Waals surface area contributed by atoms with Gasteiger partial charge in [-0.3, -0.25) is 0 Å². The van der Waals surface area contributed by atoms with Gasteiger partial charge >= 0.3 is 0 Å². The lowest BCUT2D eigenvalue weighted by Crippen LogP contribution is -2.04. The van der Waals surface area contributed by atoms with Crippen LogP contribution in [-0.4, -0.2) is 6.54 Å². The molecule has 0 aliphatic heterocycles. The summed E-state index contributed by atoms with van der Waals surface area (Å²) in [5.41, 5.74) is 6.75. The van der Waals surface area contributed by atoms with Crippen molar-refractivity contribution in [2.45, 2.75) is 6.42 Å². The van der Waals surface area contributed by atoms with Crippen LogP contribution in [0.3, 0.4) is 0 Å². The van der Waals surface area contributed by atoms with Crippen LogP contribution in [0.2, 0.25) is 5.02 Å². The van der Waals surface area contributed by atoms with Crippen molar-refractivity contribution in [3.05, 3.63) is 42.9 Å². The highest BCUT2D eigenvalue weighted by atomic mass is 127. The number of rotatable bonds is 2. The fraction of sp³-hybridized carbons (Fsp3) is 0.167. The average Bonchev–Trinajstić information content (AvgIpc) is 2.24. The second-order valence-electron chi connectivity index (χ2n) is 3.56. The van der Waals surface area contributed by atoms with Gasteiger partial charge in [-0.2, -0.15) is 0 Å². The fourth-order valence-electron chi connectivity index (χ4n) is 1.78. The Balaban J connectivity index is 0.00000144. The highest BCUT2D eigenvalue weighted by Gasteiger charge is 2.09. The highest BCUT2D eigenvalue weighted by Crippen LogP contribution is 2.34. The summed E-state index contributed by atoms with van der Waals surface area (Å²) in [6.45, 7) is 0.608. The van der Waals surface area contributed by atoms with Crippen LogP contribution in [0.4, 0.5) is 0 Å². The van der Waals surface area contributed by atoms with E-state index >= 15 is 0 Å². The van der Waals surface area contributed by atoms with Gasteiger partial charge in [0.2, 0.25) is 0 Å². The minimum atomic E-state index is 0. The van der Waals surface area contributed by atoms with E-state index in [2.05, 4.69) is 62.8 Å². The van der Waals surface area contributed by atoms with Gasteiger partial charge in [-0.05, 0) is 86.0 Å². The second-order valence-corrected chi connectivity index (χ2v) is 6.03. The summed E-state index contributed by atoms with van der Waals surface area (Å²) in [6, 6.07) is 8.41. The van der Waals surface area contributed by atoms with E-state index in [1.54, 1.807) is 0 Å². The predicted molar refractivity (Wildman–Crippen MR) is 89.4 cm³/mol. The molecule has 0 bridgehead atoms. The summed E-state index contributed by atoms with van der Waals surface area (Å²) in [6.07, 6.45) is 0.801. The molecule has 0 atom stereocenters. The maximum absolute atomic E-state index is 6.29. The Labute approximate surface area is 134 Å². The van der Waals surface area contributed by atoms with Gasteiger partial charge in [0.1, 0.15) is 0 Å². The largest absolute Gasteiger partial charge is 0.330 e. The standard InChI is InChI=1S/C12H10BrClIN.ClH/c13-11-6-7-5-8(15)1-2-9(7)10(3-4-16)12(11)14;/h1-2,5-6H,3-4,16H2;1H. The van der Waals surface area contributed by atoms with E-state index in [0.717, 1.165) is 21.5 Å². The molecular formula is C12H11BrCl2IN. The molecule has 0 fully saturated rings. The summed E-state index contributed by atoms with van der Waals surface area (Å²) in [5.74, 6) is 0. The van der Waals surface area contributed by atoms with Crippen LogP contribution in [-0.2, 0) is 6.42 Å². The molecule has 2 aromatic rings. The quantitative estimate of drug-likeness (QED) is 0.660. The molecule has 0 radical (unpaired) electrons. The summed E-state index contributed by atoms with van der Waals surface area (Å²) >= 11 is 12.1. The van der Waals surface area contributed by atoms with Gasteiger partial charge in [0.05, 0.1) is 5.02 Å². The average molecular weight is 447 g/mol. The van der Waals surface area contributed by atoms with E-state index in [1.807, 2.05) is 0 Å². The molecule has 0 aliphatic carbocycles. The third-order valence-corrected chi connectivity index (χ3v) is 4.45. The molecule has 0 spiro atoms. The summed E-state index contributed by atoms with van der Waals surface area (Å²) < 4.78 is 2.16. The van der Waals surface area contributed by atoms with Crippen LogP contribution >= 0.6 is 62.5 Å². The molecule has 0 unspecified atom stereocenters. The fourth-order valence-corrected chi connectivity index (χ4v) is 3.03. The minimum absolute atomic E-state index is 0. The van der Waals surface area contributed by atoms with E-state index in [-0.39, 0.29) is 12.4 Å². The van der Waals surface area contributed by atoms with Crippen LogP contribution < -0.4 is 5.73 Å². The Kier molecular flexibility index (Phi) is 5.99. The first-order valence-corrected chi connectivity index (χ1v) is 7.14. The number of fused-ring (bicyclic) bond motifs is 1. The Morgan fingerprint density at radius 2 is 2.00 bits per heavy atom. The molecule has 17 heavy (non-hydrogen) atoms. The topological polar surface area (TPSA) is 26.0 Å². The van der Waals surface area contributed by atoms with Crippen LogP contribution in [0.1, 0.15) is 5.56 Å². The van der Waals surface area contributed by atoms with Crippen molar-refractivity contribution in [3.63, 3.8) is 0 Å². The molecule has 1 nitrogen and oxygen atoms in total. The second kappa shape index (κ2) is 6.57. The van der Waals surface area contributed by atoms with Crippen molar-refractivity contribution in [2.24, 2.45) is 5.73 Å². The molecule has 2 aromatic carbocycles. The van der Waals surface area contributed by atoms with Gasteiger partial charge < -0.3 is 5.73 Å². The smallest absolute Gasteiger partial charge is 0.0586 e. The molecule has 92 valence electrons. The first-order chi connectivity index (χ1) is 7.63. The molecule has 5 heteroatoms. The lowest BCUT2D eigenvalue weighted by molar-refractivity contribution is 0.976. The Morgan fingerprint density at radius 1 is 1.29 bits per heavy atom. The first-order valence-electron chi connectivity index (χ1n) is 4.89. The third-order valence-electron chi connectivity index (χ3n) is 2.49. The zero-order valence-electron chi connectivity index (χ0n) is 8.84. The van der Waals surface area contributed by atoms with Crippen molar-refractivity contribution in [3.8, 4) is 0 Å². The van der Waals surface area contributed by atoms with Gasteiger partial charge in [-0.25, -0.2) is 0 Å². The normalized spacial score (nSPS) is 10.4. The van der Waals surface area contributed by atoms with E-state index in [0.29, 0.717) is 6.54 Å². The van der Waals surface area contributed by atoms with Crippen molar-refractivity contribution in [2.75, 3.05) is 6.54 Å². The maximum atomic E-state index is 6.29. The Hall–Kier alpha value is 0.450. The highest BCUT2D eigenvalue weighted by molar-refractivity contribution is 14.1. The van der Waals surface area contributed by atoms with E-state index < -0.39 is 0 Å². The SMILES string of the molecule is Cl.NCCc1c(Cl)c(Br)cc2cc(I)ccc12. The number of hydrogen-bond acceptors (Lipinski definition) is 1. The summed E-state index contributed by atoms with van der Waals surface area (Å²) in [7, 11) is 0. The molecule has 0 saturated carbocycles. The molecule has 0 saturated heterocycles. The molecule has 0 heterocycles. The van der Waals surface area contributed by atoms with E-state index in [9.17, 15) is 0 Å². The zero-order valence-corrected chi connectivity index (χ0v) is 14.2. The van der Waals surface area contributed by atoms with Gasteiger partial charge in [-0.1, -0.05) is 17.7 Å². The third kappa shape index (κ3) is 3.26. The molecule has 0 amide bonds. The van der Waals surface area contributed by atoms with Crippen LogP contribution in [0.15, 0.2) is 28.7 Å². The van der Waals surface area contributed by atoms with E-state index in [1.165, 1.54) is 14.3 Å². The molecule has 2 rings (SSSR count). The Morgan fingerprint density at radius 3 is 2.65 bits per heavy atom. The first kappa shape index (κ1) is 15.5. The number of halogens is 4. The number of nitrogens with two attached hydrogens (primary N) is 1. The molecular weight excluding hydrogens is 436 g/mol.